The lowest BCUT2D eigenvalue weighted by atomic mass is 9.83. The van der Waals surface area contributed by atoms with Gasteiger partial charge >= 0.3 is 0 Å². The highest BCUT2D eigenvalue weighted by Crippen LogP contribution is 2.26. The van der Waals surface area contributed by atoms with E-state index >= 15 is 0 Å². The summed E-state index contributed by atoms with van der Waals surface area (Å²) in [6.45, 7) is 5.15. The Morgan fingerprint density at radius 1 is 1.00 bits per heavy atom. The Morgan fingerprint density at radius 2 is 1.62 bits per heavy atom. The Labute approximate surface area is 175 Å². The lowest BCUT2D eigenvalue weighted by molar-refractivity contribution is -0.142. The fraction of sp³-hybridized carbons (Fsp3) is 0.400. The van der Waals surface area contributed by atoms with Crippen molar-refractivity contribution in [2.45, 2.75) is 23.5 Å². The third kappa shape index (κ3) is 4.85. The van der Waals surface area contributed by atoms with E-state index in [-0.39, 0.29) is 22.6 Å². The van der Waals surface area contributed by atoms with Crippen LogP contribution in [0.4, 0.5) is 0 Å². The number of rotatable bonds is 6. The minimum Gasteiger partial charge on any atom is -0.338 e. The van der Waals surface area contributed by atoms with E-state index < -0.39 is 15.4 Å². The zero-order chi connectivity index (χ0) is 21.1. The quantitative estimate of drug-likeness (QED) is 0.748. The first-order chi connectivity index (χ1) is 13.7. The average Bonchev–Trinajstić information content (AvgIpc) is 3.28. The van der Waals surface area contributed by atoms with Crippen molar-refractivity contribution >= 4 is 33.2 Å². The van der Waals surface area contributed by atoms with Crippen molar-refractivity contribution in [3.8, 4) is 0 Å². The molecule has 0 radical (unpaired) electrons. The molecule has 0 aliphatic carbocycles. The standard InChI is InChI=1S/C20H25N3O4S2/c1-20(2,16-7-4-3-5-8-16)19(25)23-12-10-22(11-13-23)17(24)15-21-29(26,27)18-9-6-14-28-18/h3-9,14,21H,10-13,15H2,1-2H3. The van der Waals surface area contributed by atoms with E-state index in [1.807, 2.05) is 44.2 Å². The number of hydrogen-bond donors (Lipinski definition) is 1. The van der Waals surface area contributed by atoms with Crippen LogP contribution < -0.4 is 4.72 Å². The van der Waals surface area contributed by atoms with Crippen LogP contribution in [0.2, 0.25) is 0 Å². The Bertz CT molecular complexity index is 949. The highest BCUT2D eigenvalue weighted by Gasteiger charge is 2.35. The van der Waals surface area contributed by atoms with Crippen LogP contribution in [-0.2, 0) is 25.0 Å². The van der Waals surface area contributed by atoms with E-state index in [1.54, 1.807) is 21.2 Å². The van der Waals surface area contributed by atoms with Crippen molar-refractivity contribution in [1.29, 1.82) is 0 Å². The SMILES string of the molecule is CC(C)(C(=O)N1CCN(C(=O)CNS(=O)(=O)c2cccs2)CC1)c1ccccc1. The van der Waals surface area contributed by atoms with Crippen LogP contribution in [0.25, 0.3) is 0 Å². The fourth-order valence-corrected chi connectivity index (χ4v) is 5.30. The molecule has 1 aliphatic rings. The van der Waals surface area contributed by atoms with Crippen molar-refractivity contribution < 1.29 is 18.0 Å². The molecule has 0 unspecified atom stereocenters. The summed E-state index contributed by atoms with van der Waals surface area (Å²) in [6, 6.07) is 12.8. The maximum atomic E-state index is 13.0. The van der Waals surface area contributed by atoms with Gasteiger partial charge < -0.3 is 9.80 Å². The number of thiophene rings is 1. The number of hydrogen-bond acceptors (Lipinski definition) is 5. The predicted molar refractivity (Wildman–Crippen MR) is 112 cm³/mol. The van der Waals surface area contributed by atoms with E-state index in [1.165, 1.54) is 6.07 Å². The van der Waals surface area contributed by atoms with Gasteiger partial charge in [0.1, 0.15) is 4.21 Å². The molecule has 0 bridgehead atoms. The number of sulfonamides is 1. The molecule has 2 heterocycles. The molecule has 1 aromatic heterocycles. The van der Waals surface area contributed by atoms with Crippen molar-refractivity contribution in [3.05, 3.63) is 53.4 Å². The molecule has 2 amide bonds. The second-order valence-corrected chi connectivity index (χ2v) is 10.4. The molecule has 0 spiro atoms. The van der Waals surface area contributed by atoms with Crippen LogP contribution in [0.5, 0.6) is 0 Å². The molecular weight excluding hydrogens is 410 g/mol. The first kappa shape index (κ1) is 21.5. The van der Waals surface area contributed by atoms with Crippen LogP contribution in [0.1, 0.15) is 19.4 Å². The third-order valence-electron chi connectivity index (χ3n) is 5.12. The van der Waals surface area contributed by atoms with Crippen molar-refractivity contribution in [2.24, 2.45) is 0 Å². The average molecular weight is 436 g/mol. The Kier molecular flexibility index (Phi) is 6.40. The molecule has 0 saturated carbocycles. The summed E-state index contributed by atoms with van der Waals surface area (Å²) in [4.78, 5) is 28.8. The maximum Gasteiger partial charge on any atom is 0.250 e. The minimum absolute atomic E-state index is 0.0224. The monoisotopic (exact) mass is 435 g/mol. The number of amides is 2. The van der Waals surface area contributed by atoms with E-state index in [0.717, 1.165) is 16.9 Å². The first-order valence-corrected chi connectivity index (χ1v) is 11.7. The highest BCUT2D eigenvalue weighted by atomic mass is 32.2. The molecule has 7 nitrogen and oxygen atoms in total. The number of nitrogens with zero attached hydrogens (tertiary/aromatic N) is 2. The minimum atomic E-state index is -3.67. The number of piperazine rings is 1. The molecule has 29 heavy (non-hydrogen) atoms. The Morgan fingerprint density at radius 3 is 2.21 bits per heavy atom. The second-order valence-electron chi connectivity index (χ2n) is 7.42. The predicted octanol–water partition coefficient (Wildman–Crippen LogP) is 1.67. The van der Waals surface area contributed by atoms with Gasteiger partial charge in [-0.25, -0.2) is 13.1 Å². The number of carbonyl (C=O) groups excluding carboxylic acids is 2. The molecule has 1 saturated heterocycles. The zero-order valence-corrected chi connectivity index (χ0v) is 18.1. The van der Waals surface area contributed by atoms with Crippen LogP contribution in [0, 0.1) is 0 Å². The molecule has 156 valence electrons. The molecule has 1 aromatic carbocycles. The van der Waals surface area contributed by atoms with Gasteiger partial charge in [-0.15, -0.1) is 11.3 Å². The van der Waals surface area contributed by atoms with Crippen LogP contribution in [-0.4, -0.2) is 62.8 Å². The van der Waals surface area contributed by atoms with Gasteiger partial charge in [-0.05, 0) is 30.9 Å². The van der Waals surface area contributed by atoms with Crippen LogP contribution >= 0.6 is 11.3 Å². The van der Waals surface area contributed by atoms with Gasteiger partial charge in [0, 0.05) is 26.2 Å². The summed E-state index contributed by atoms with van der Waals surface area (Å²) in [7, 11) is -3.67. The number of carbonyl (C=O) groups is 2. The molecular formula is C20H25N3O4S2. The largest absolute Gasteiger partial charge is 0.338 e. The highest BCUT2D eigenvalue weighted by molar-refractivity contribution is 7.91. The summed E-state index contributed by atoms with van der Waals surface area (Å²) >= 11 is 1.10. The molecule has 9 heteroatoms. The first-order valence-electron chi connectivity index (χ1n) is 9.37. The third-order valence-corrected chi connectivity index (χ3v) is 7.92. The molecule has 1 fully saturated rings. The van der Waals surface area contributed by atoms with Crippen LogP contribution in [0.3, 0.4) is 0 Å². The summed E-state index contributed by atoms with van der Waals surface area (Å²) < 4.78 is 26.8. The Hall–Kier alpha value is -2.23. The zero-order valence-electron chi connectivity index (χ0n) is 16.5. The molecule has 1 aliphatic heterocycles. The van der Waals surface area contributed by atoms with Crippen molar-refractivity contribution in [2.75, 3.05) is 32.7 Å². The van der Waals surface area contributed by atoms with Gasteiger partial charge in [-0.3, -0.25) is 9.59 Å². The summed E-state index contributed by atoms with van der Waals surface area (Å²) in [5, 5.41) is 1.67. The normalized spacial score (nSPS) is 15.4. The van der Waals surface area contributed by atoms with E-state index in [2.05, 4.69) is 4.72 Å². The van der Waals surface area contributed by atoms with Gasteiger partial charge in [-0.1, -0.05) is 36.4 Å². The summed E-state index contributed by atoms with van der Waals surface area (Å²) in [6.07, 6.45) is 0. The van der Waals surface area contributed by atoms with E-state index in [0.29, 0.717) is 26.2 Å². The second kappa shape index (κ2) is 8.64. The molecule has 0 atom stereocenters. The van der Waals surface area contributed by atoms with E-state index in [4.69, 9.17) is 0 Å². The van der Waals surface area contributed by atoms with Gasteiger partial charge in [-0.2, -0.15) is 0 Å². The van der Waals surface area contributed by atoms with Crippen molar-refractivity contribution in [3.63, 3.8) is 0 Å². The lowest BCUT2D eigenvalue weighted by Gasteiger charge is -2.38. The van der Waals surface area contributed by atoms with Gasteiger partial charge in [0.15, 0.2) is 0 Å². The smallest absolute Gasteiger partial charge is 0.250 e. The molecule has 3 rings (SSSR count). The topological polar surface area (TPSA) is 86.8 Å². The van der Waals surface area contributed by atoms with Gasteiger partial charge in [0.2, 0.25) is 11.8 Å². The van der Waals surface area contributed by atoms with Crippen LogP contribution in [0.15, 0.2) is 52.1 Å². The summed E-state index contributed by atoms with van der Waals surface area (Å²) in [5.74, 6) is -0.270. The fourth-order valence-electron chi connectivity index (χ4n) is 3.29. The number of nitrogens with one attached hydrogen (secondary N) is 1. The van der Waals surface area contributed by atoms with E-state index in [9.17, 15) is 18.0 Å². The summed E-state index contributed by atoms with van der Waals surface area (Å²) in [5.41, 5.74) is 0.301. The van der Waals surface area contributed by atoms with Crippen molar-refractivity contribution in [1.82, 2.24) is 14.5 Å². The maximum absolute atomic E-state index is 13.0. The molecule has 2 aromatic rings. The van der Waals surface area contributed by atoms with Gasteiger partial charge in [0.25, 0.3) is 10.0 Å². The Balaban J connectivity index is 1.53. The number of benzene rings is 1. The van der Waals surface area contributed by atoms with Gasteiger partial charge in [0.05, 0.1) is 12.0 Å². The lowest BCUT2D eigenvalue weighted by Crippen LogP contribution is -2.55. The molecule has 1 N–H and O–H groups in total.